The molecule has 1 aliphatic carbocycles. The second-order valence-electron chi connectivity index (χ2n) is 6.12. The molecular weight excluding hydrogens is 308 g/mol. The topological polar surface area (TPSA) is 50.4 Å². The lowest BCUT2D eigenvalue weighted by molar-refractivity contribution is 0.0525. The number of rotatable bonds is 5. The molecule has 0 heterocycles. The van der Waals surface area contributed by atoms with Gasteiger partial charge in [-0.15, -0.1) is 0 Å². The van der Waals surface area contributed by atoms with Crippen molar-refractivity contribution >= 4 is 29.0 Å². The van der Waals surface area contributed by atoms with Gasteiger partial charge in [0.25, 0.3) is 0 Å². The fraction of sp³-hybridized carbons (Fsp3) is 0.556. The summed E-state index contributed by atoms with van der Waals surface area (Å²) in [6, 6.07) is 5.55. The van der Waals surface area contributed by atoms with E-state index < -0.39 is 0 Å². The van der Waals surface area contributed by atoms with Gasteiger partial charge in [0.2, 0.25) is 0 Å². The molecule has 0 bridgehead atoms. The van der Waals surface area contributed by atoms with E-state index in [0.29, 0.717) is 17.3 Å². The molecule has 1 fully saturated rings. The van der Waals surface area contributed by atoms with Crippen molar-refractivity contribution < 1.29 is 9.53 Å². The van der Waals surface area contributed by atoms with Crippen LogP contribution in [0.3, 0.4) is 0 Å². The fourth-order valence-electron chi connectivity index (χ4n) is 3.21. The van der Waals surface area contributed by atoms with Crippen LogP contribution in [0.5, 0.6) is 0 Å². The summed E-state index contributed by atoms with van der Waals surface area (Å²) in [5.74, 6) is -0.298. The van der Waals surface area contributed by atoms with Crippen LogP contribution in [0.2, 0.25) is 0 Å². The summed E-state index contributed by atoms with van der Waals surface area (Å²) in [6.45, 7) is 6.28. The monoisotopic (exact) mass is 334 g/mol. The van der Waals surface area contributed by atoms with Crippen LogP contribution in [0.25, 0.3) is 0 Å². The average molecular weight is 334 g/mol. The van der Waals surface area contributed by atoms with Gasteiger partial charge in [-0.1, -0.05) is 25.8 Å². The molecule has 1 aliphatic rings. The number of esters is 1. The predicted octanol–water partition coefficient (Wildman–Crippen LogP) is 4.18. The number of nitrogens with one attached hydrogen (secondary N) is 2. The van der Waals surface area contributed by atoms with E-state index in [9.17, 15) is 4.79 Å². The highest BCUT2D eigenvalue weighted by Gasteiger charge is 2.32. The summed E-state index contributed by atoms with van der Waals surface area (Å²) < 4.78 is 5.09. The molecule has 1 saturated carbocycles. The van der Waals surface area contributed by atoms with Crippen molar-refractivity contribution in [3.8, 4) is 0 Å². The summed E-state index contributed by atoms with van der Waals surface area (Å²) in [5.41, 5.74) is 2.40. The summed E-state index contributed by atoms with van der Waals surface area (Å²) >= 11 is 5.49. The zero-order valence-electron chi connectivity index (χ0n) is 14.2. The van der Waals surface area contributed by atoms with E-state index in [4.69, 9.17) is 17.0 Å². The Labute approximate surface area is 144 Å². The highest BCUT2D eigenvalue weighted by Crippen LogP contribution is 2.32. The first-order chi connectivity index (χ1) is 11.0. The maximum absolute atomic E-state index is 12.0. The Morgan fingerprint density at radius 1 is 1.30 bits per heavy atom. The number of thiocarbonyl (C=S) groups is 1. The van der Waals surface area contributed by atoms with Crippen LogP contribution in [0.15, 0.2) is 18.2 Å². The van der Waals surface area contributed by atoms with Gasteiger partial charge >= 0.3 is 5.97 Å². The smallest absolute Gasteiger partial charge is 0.338 e. The molecule has 4 nitrogen and oxygen atoms in total. The van der Waals surface area contributed by atoms with Gasteiger partial charge in [-0.3, -0.25) is 0 Å². The van der Waals surface area contributed by atoms with E-state index in [0.717, 1.165) is 30.5 Å². The maximum Gasteiger partial charge on any atom is 0.338 e. The third kappa shape index (κ3) is 4.22. The lowest BCUT2D eigenvalue weighted by atomic mass is 9.94. The zero-order valence-corrected chi connectivity index (χ0v) is 15.0. The first-order valence-corrected chi connectivity index (χ1v) is 8.78. The molecule has 2 N–H and O–H groups in total. The van der Waals surface area contributed by atoms with Crippen LogP contribution in [0, 0.1) is 6.92 Å². The Morgan fingerprint density at radius 3 is 2.61 bits per heavy atom. The summed E-state index contributed by atoms with van der Waals surface area (Å²) in [4.78, 5) is 12.0. The van der Waals surface area contributed by atoms with Gasteiger partial charge in [0.15, 0.2) is 5.11 Å². The Morgan fingerprint density at radius 2 is 2.00 bits per heavy atom. The number of hydrogen-bond donors (Lipinski definition) is 2. The van der Waals surface area contributed by atoms with Crippen LogP contribution in [0.1, 0.15) is 61.9 Å². The van der Waals surface area contributed by atoms with E-state index in [1.165, 1.54) is 12.8 Å². The van der Waals surface area contributed by atoms with Gasteiger partial charge in [0.1, 0.15) is 0 Å². The first-order valence-electron chi connectivity index (χ1n) is 8.37. The Hall–Kier alpha value is -1.62. The summed E-state index contributed by atoms with van der Waals surface area (Å²) in [6.07, 6.45) is 5.89. The van der Waals surface area contributed by atoms with Crippen molar-refractivity contribution in [2.45, 2.75) is 58.4 Å². The van der Waals surface area contributed by atoms with Gasteiger partial charge in [-0.2, -0.15) is 0 Å². The van der Waals surface area contributed by atoms with Gasteiger partial charge in [-0.05, 0) is 63.0 Å². The van der Waals surface area contributed by atoms with Gasteiger partial charge in [-0.25, -0.2) is 4.79 Å². The molecule has 23 heavy (non-hydrogen) atoms. The van der Waals surface area contributed by atoms with Crippen molar-refractivity contribution in [2.24, 2.45) is 0 Å². The lowest BCUT2D eigenvalue weighted by Gasteiger charge is -2.31. The van der Waals surface area contributed by atoms with Gasteiger partial charge < -0.3 is 15.4 Å². The average Bonchev–Trinajstić information content (AvgIpc) is 2.98. The van der Waals surface area contributed by atoms with Crippen LogP contribution >= 0.6 is 12.2 Å². The number of carbonyl (C=O) groups excluding carboxylic acids is 1. The van der Waals surface area contributed by atoms with Crippen LogP contribution in [0.4, 0.5) is 5.69 Å². The lowest BCUT2D eigenvalue weighted by Crippen LogP contribution is -2.47. The second kappa shape index (κ2) is 7.77. The minimum absolute atomic E-state index is 0.122. The van der Waals surface area contributed by atoms with Crippen molar-refractivity contribution in [1.29, 1.82) is 0 Å². The first kappa shape index (κ1) is 17.7. The van der Waals surface area contributed by atoms with E-state index in [2.05, 4.69) is 17.6 Å². The number of hydrogen-bond acceptors (Lipinski definition) is 3. The number of benzene rings is 1. The highest BCUT2D eigenvalue weighted by atomic mass is 32.1. The molecule has 2 rings (SSSR count). The Bertz CT molecular complexity index is 580. The van der Waals surface area contributed by atoms with E-state index >= 15 is 0 Å². The minimum Gasteiger partial charge on any atom is -0.462 e. The molecule has 0 radical (unpaired) electrons. The zero-order chi connectivity index (χ0) is 16.9. The highest BCUT2D eigenvalue weighted by molar-refractivity contribution is 7.80. The molecule has 1 aromatic rings. The number of anilines is 1. The number of carbonyl (C=O) groups is 1. The van der Waals surface area contributed by atoms with Crippen LogP contribution < -0.4 is 10.6 Å². The van der Waals surface area contributed by atoms with Crippen molar-refractivity contribution in [3.05, 3.63) is 29.3 Å². The summed E-state index contributed by atoms with van der Waals surface area (Å²) in [7, 11) is 0. The number of ether oxygens (including phenoxy) is 1. The van der Waals surface area contributed by atoms with Crippen LogP contribution in [-0.4, -0.2) is 23.2 Å². The third-order valence-corrected chi connectivity index (χ3v) is 4.90. The van der Waals surface area contributed by atoms with Crippen LogP contribution in [-0.2, 0) is 4.74 Å². The molecule has 0 unspecified atom stereocenters. The molecule has 0 aliphatic heterocycles. The van der Waals surface area contributed by atoms with Crippen molar-refractivity contribution in [2.75, 3.05) is 11.9 Å². The summed E-state index contributed by atoms with van der Waals surface area (Å²) in [5, 5.41) is 7.36. The SMILES string of the molecule is CCOC(=O)c1cccc(NC(=S)NC2(CC)CCCC2)c1C. The Kier molecular flexibility index (Phi) is 5.99. The molecule has 0 amide bonds. The molecule has 0 atom stereocenters. The standard InChI is InChI=1S/C18H26N2O2S/c1-4-18(11-6-7-12-18)20-17(23)19-15-10-8-9-14(13(15)3)16(21)22-5-2/h8-10H,4-7,11-12H2,1-3H3,(H2,19,20,23). The molecule has 0 saturated heterocycles. The third-order valence-electron chi connectivity index (χ3n) is 4.69. The molecule has 1 aromatic carbocycles. The molecular formula is C18H26N2O2S. The van der Waals surface area contributed by atoms with E-state index in [-0.39, 0.29) is 11.5 Å². The molecule has 0 aromatic heterocycles. The quantitative estimate of drug-likeness (QED) is 0.625. The molecule has 5 heteroatoms. The van der Waals surface area contributed by atoms with Gasteiger partial charge in [0.05, 0.1) is 12.2 Å². The van der Waals surface area contributed by atoms with Crippen molar-refractivity contribution in [1.82, 2.24) is 5.32 Å². The normalized spacial score (nSPS) is 16.0. The minimum atomic E-state index is -0.298. The van der Waals surface area contributed by atoms with E-state index in [1.807, 2.05) is 19.1 Å². The van der Waals surface area contributed by atoms with E-state index in [1.54, 1.807) is 13.0 Å². The molecule has 126 valence electrons. The maximum atomic E-state index is 12.0. The molecule has 0 spiro atoms. The van der Waals surface area contributed by atoms with Gasteiger partial charge in [0, 0.05) is 11.2 Å². The fourth-order valence-corrected chi connectivity index (χ4v) is 3.54. The largest absolute Gasteiger partial charge is 0.462 e. The van der Waals surface area contributed by atoms with Crippen molar-refractivity contribution in [3.63, 3.8) is 0 Å². The second-order valence-corrected chi connectivity index (χ2v) is 6.53. The predicted molar refractivity (Wildman–Crippen MR) is 98.0 cm³/mol. The Balaban J connectivity index is 2.09.